The predicted molar refractivity (Wildman–Crippen MR) is 124 cm³/mol. The topological polar surface area (TPSA) is 72.9 Å². The molecule has 3 rings (SSSR count). The molecular weight excluding hydrogens is 439 g/mol. The Labute approximate surface area is 191 Å². The number of hydrogen-bond acceptors (Lipinski definition) is 3. The summed E-state index contributed by atoms with van der Waals surface area (Å²) >= 11 is 14.1. The molecule has 0 unspecified atom stereocenters. The summed E-state index contributed by atoms with van der Waals surface area (Å²) < 4.78 is 2.27. The Bertz CT molecular complexity index is 1030. The molecule has 2 aromatic heterocycles. The molecule has 2 heterocycles. The third kappa shape index (κ3) is 5.31. The third-order valence-corrected chi connectivity index (χ3v) is 6.34. The van der Waals surface area contributed by atoms with E-state index in [1.54, 1.807) is 30.2 Å². The number of carbonyl (C=O) groups excluding carboxylic acids is 1. The van der Waals surface area contributed by atoms with Crippen molar-refractivity contribution in [3.8, 4) is 0 Å². The number of primary amides is 1. The maximum atomic E-state index is 11.4. The lowest BCUT2D eigenvalue weighted by Gasteiger charge is -2.15. The number of nitrogens with two attached hydrogens (primary N) is 1. The highest BCUT2D eigenvalue weighted by Crippen LogP contribution is 2.41. The first kappa shape index (κ1) is 22.5. The second kappa shape index (κ2) is 9.77. The van der Waals surface area contributed by atoms with Crippen molar-refractivity contribution in [2.45, 2.75) is 49.7 Å². The highest BCUT2D eigenvalue weighted by atomic mass is 35.5. The van der Waals surface area contributed by atoms with Gasteiger partial charge in [0, 0.05) is 46.1 Å². The summed E-state index contributed by atoms with van der Waals surface area (Å²) in [6, 6.07) is 8.99. The van der Waals surface area contributed by atoms with E-state index in [-0.39, 0.29) is 5.92 Å². The average Bonchev–Trinajstić information content (AvgIpc) is 2.92. The molecule has 158 valence electrons. The van der Waals surface area contributed by atoms with Crippen LogP contribution in [0.3, 0.4) is 0 Å². The zero-order valence-electron chi connectivity index (χ0n) is 17.1. The third-order valence-electron chi connectivity index (χ3n) is 4.80. The molecule has 0 atom stereocenters. The Hall–Kier alpha value is -2.15. The van der Waals surface area contributed by atoms with Crippen molar-refractivity contribution >= 4 is 41.0 Å². The van der Waals surface area contributed by atoms with Crippen LogP contribution in [-0.4, -0.2) is 15.6 Å². The lowest BCUT2D eigenvalue weighted by molar-refractivity contribution is 0.248. The Morgan fingerprint density at radius 1 is 1.20 bits per heavy atom. The van der Waals surface area contributed by atoms with Crippen LogP contribution in [0.25, 0.3) is 0 Å². The van der Waals surface area contributed by atoms with Gasteiger partial charge >= 0.3 is 6.03 Å². The van der Waals surface area contributed by atoms with Crippen molar-refractivity contribution in [2.75, 3.05) is 0 Å². The molecule has 1 aromatic carbocycles. The highest BCUT2D eigenvalue weighted by Gasteiger charge is 2.24. The van der Waals surface area contributed by atoms with Gasteiger partial charge in [0.15, 0.2) is 0 Å². The number of nitrogens with one attached hydrogen (secondary N) is 1. The van der Waals surface area contributed by atoms with Gasteiger partial charge in [-0.3, -0.25) is 4.98 Å². The molecule has 5 nitrogen and oxygen atoms in total. The second-order valence-electron chi connectivity index (χ2n) is 7.30. The van der Waals surface area contributed by atoms with Gasteiger partial charge in [-0.15, -0.1) is 0 Å². The molecule has 0 radical (unpaired) electrons. The van der Waals surface area contributed by atoms with Crippen molar-refractivity contribution in [2.24, 2.45) is 5.73 Å². The molecule has 0 aliphatic rings. The molecule has 3 aromatic rings. The number of aromatic nitrogens is 2. The Morgan fingerprint density at radius 3 is 2.40 bits per heavy atom. The van der Waals surface area contributed by atoms with Crippen molar-refractivity contribution in [3.63, 3.8) is 0 Å². The minimum atomic E-state index is -0.540. The van der Waals surface area contributed by atoms with E-state index in [0.717, 1.165) is 26.7 Å². The normalized spacial score (nSPS) is 11.1. The fraction of sp³-hybridized carbons (Fsp3) is 0.273. The summed E-state index contributed by atoms with van der Waals surface area (Å²) in [5.74, 6) is 0.240. The van der Waals surface area contributed by atoms with E-state index >= 15 is 0 Å². The fourth-order valence-corrected chi connectivity index (χ4v) is 5.48. The van der Waals surface area contributed by atoms with Crippen LogP contribution in [-0.2, 0) is 13.1 Å². The molecule has 0 bridgehead atoms. The molecular formula is C22H24Cl2N4OS. The molecule has 30 heavy (non-hydrogen) atoms. The number of benzene rings is 1. The van der Waals surface area contributed by atoms with E-state index in [1.807, 2.05) is 24.3 Å². The van der Waals surface area contributed by atoms with E-state index in [4.69, 9.17) is 28.9 Å². The van der Waals surface area contributed by atoms with Gasteiger partial charge in [0.1, 0.15) is 0 Å². The number of halogens is 2. The van der Waals surface area contributed by atoms with Crippen LogP contribution in [0.1, 0.15) is 42.1 Å². The zero-order chi connectivity index (χ0) is 21.8. The molecule has 0 aliphatic heterocycles. The highest BCUT2D eigenvalue weighted by molar-refractivity contribution is 7.99. The number of amides is 2. The maximum absolute atomic E-state index is 11.4. The summed E-state index contributed by atoms with van der Waals surface area (Å²) in [5.41, 5.74) is 9.82. The lowest BCUT2D eigenvalue weighted by atomic mass is 10.0. The minimum Gasteiger partial charge on any atom is -0.352 e. The monoisotopic (exact) mass is 462 g/mol. The van der Waals surface area contributed by atoms with Crippen LogP contribution in [0.2, 0.25) is 10.0 Å². The second-order valence-corrected chi connectivity index (χ2v) is 9.24. The largest absolute Gasteiger partial charge is 0.352 e. The summed E-state index contributed by atoms with van der Waals surface area (Å²) in [6.07, 6.45) is 3.58. The van der Waals surface area contributed by atoms with Gasteiger partial charge in [0.05, 0.1) is 5.03 Å². The smallest absolute Gasteiger partial charge is 0.312 e. The van der Waals surface area contributed by atoms with Crippen LogP contribution in [0.4, 0.5) is 4.79 Å². The SMILES string of the molecule is Cc1c(CNC(N)=O)c(C(C)C)c(Sc2cc(Cl)cc(Cl)c2)n1Cc1ccncc1. The predicted octanol–water partition coefficient (Wildman–Crippen LogP) is 5.99. The van der Waals surface area contributed by atoms with Crippen molar-refractivity contribution in [1.29, 1.82) is 0 Å². The van der Waals surface area contributed by atoms with Gasteiger partial charge in [-0.25, -0.2) is 4.79 Å². The summed E-state index contributed by atoms with van der Waals surface area (Å²) in [4.78, 5) is 16.4. The Balaban J connectivity index is 2.14. The molecule has 0 saturated heterocycles. The first-order valence-corrected chi connectivity index (χ1v) is 11.1. The van der Waals surface area contributed by atoms with Gasteiger partial charge in [0.2, 0.25) is 0 Å². The van der Waals surface area contributed by atoms with Crippen molar-refractivity contribution in [1.82, 2.24) is 14.9 Å². The summed E-state index contributed by atoms with van der Waals surface area (Å²) in [7, 11) is 0. The van der Waals surface area contributed by atoms with E-state index < -0.39 is 6.03 Å². The molecule has 0 fully saturated rings. The number of rotatable bonds is 7. The number of pyridine rings is 1. The summed E-state index contributed by atoms with van der Waals surface area (Å²) in [5, 5.41) is 5.03. The van der Waals surface area contributed by atoms with Crippen LogP contribution < -0.4 is 11.1 Å². The zero-order valence-corrected chi connectivity index (χ0v) is 19.4. The Kier molecular flexibility index (Phi) is 7.34. The van der Waals surface area contributed by atoms with Gasteiger partial charge < -0.3 is 15.6 Å². The van der Waals surface area contributed by atoms with Crippen LogP contribution in [0.5, 0.6) is 0 Å². The maximum Gasteiger partial charge on any atom is 0.312 e. The molecule has 3 N–H and O–H groups in total. The summed E-state index contributed by atoms with van der Waals surface area (Å²) in [6.45, 7) is 7.42. The van der Waals surface area contributed by atoms with Gasteiger partial charge in [-0.2, -0.15) is 0 Å². The molecule has 0 saturated carbocycles. The molecule has 0 spiro atoms. The van der Waals surface area contributed by atoms with Gasteiger partial charge in [-0.1, -0.05) is 48.8 Å². The minimum absolute atomic E-state index is 0.240. The van der Waals surface area contributed by atoms with Crippen molar-refractivity contribution in [3.05, 3.63) is 75.2 Å². The van der Waals surface area contributed by atoms with E-state index in [0.29, 0.717) is 23.1 Å². The number of hydrogen-bond donors (Lipinski definition) is 2. The standard InChI is InChI=1S/C22H24Cl2N4OS/c1-13(2)20-19(11-27-22(25)29)14(3)28(12-15-4-6-26-7-5-15)21(20)30-18-9-16(23)8-17(24)10-18/h4-10,13H,11-12H2,1-3H3,(H3,25,27,29). The Morgan fingerprint density at radius 2 is 1.83 bits per heavy atom. The number of carbonyl (C=O) groups is 1. The quantitative estimate of drug-likeness (QED) is 0.452. The first-order valence-electron chi connectivity index (χ1n) is 9.54. The molecule has 8 heteroatoms. The van der Waals surface area contributed by atoms with Gasteiger partial charge in [0.25, 0.3) is 0 Å². The van der Waals surface area contributed by atoms with Gasteiger partial charge in [-0.05, 0) is 59.9 Å². The lowest BCUT2D eigenvalue weighted by Crippen LogP contribution is -2.29. The van der Waals surface area contributed by atoms with Crippen molar-refractivity contribution < 1.29 is 4.79 Å². The molecule has 0 aliphatic carbocycles. The first-order chi connectivity index (χ1) is 14.3. The van der Waals surface area contributed by atoms with Crippen LogP contribution in [0.15, 0.2) is 52.6 Å². The number of urea groups is 1. The van der Waals surface area contributed by atoms with E-state index in [2.05, 4.69) is 35.6 Å². The van der Waals surface area contributed by atoms with E-state index in [9.17, 15) is 4.79 Å². The number of nitrogens with zero attached hydrogens (tertiary/aromatic N) is 2. The van der Waals surface area contributed by atoms with Crippen LogP contribution >= 0.6 is 35.0 Å². The fourth-order valence-electron chi connectivity index (χ4n) is 3.45. The van der Waals surface area contributed by atoms with E-state index in [1.165, 1.54) is 5.56 Å². The van der Waals surface area contributed by atoms with Crippen LogP contribution in [0, 0.1) is 6.92 Å². The average molecular weight is 463 g/mol. The molecule has 2 amide bonds.